The lowest BCUT2D eigenvalue weighted by molar-refractivity contribution is -0.208. The van der Waals surface area contributed by atoms with Crippen LogP contribution in [-0.2, 0) is 0 Å². The minimum absolute atomic E-state index is 0.0875. The maximum atomic E-state index is 12.2. The van der Waals surface area contributed by atoms with Crippen molar-refractivity contribution in [3.05, 3.63) is 18.2 Å². The molecule has 0 bridgehead atoms. The molecule has 14 heavy (non-hydrogen) atoms. The number of aliphatic hydroxyl groups excluding tert-OH is 1. The Labute approximate surface area is 78.2 Å². The van der Waals surface area contributed by atoms with Crippen molar-refractivity contribution >= 4 is 0 Å². The molecule has 2 rings (SSSR count). The second-order valence-electron chi connectivity index (χ2n) is 3.40. The minimum Gasteiger partial charge on any atom is -0.378 e. The molecule has 0 amide bonds. The standard InChI is InChI=1S/C8H9F3N2O/c9-8(10,11)7(14)6-3-12-4-13(6)5-1-2-5/h3-5,7,14H,1-2H2. The van der Waals surface area contributed by atoms with E-state index < -0.39 is 12.3 Å². The highest BCUT2D eigenvalue weighted by molar-refractivity contribution is 5.08. The smallest absolute Gasteiger partial charge is 0.378 e. The number of halogens is 3. The van der Waals surface area contributed by atoms with Crippen molar-refractivity contribution in [3.63, 3.8) is 0 Å². The zero-order valence-corrected chi connectivity index (χ0v) is 7.20. The van der Waals surface area contributed by atoms with Crippen molar-refractivity contribution in [2.45, 2.75) is 31.2 Å². The largest absolute Gasteiger partial charge is 0.420 e. The van der Waals surface area contributed by atoms with Crippen LogP contribution in [0.1, 0.15) is 30.7 Å². The van der Waals surface area contributed by atoms with Gasteiger partial charge in [0.1, 0.15) is 0 Å². The van der Waals surface area contributed by atoms with Gasteiger partial charge in [-0.05, 0) is 12.8 Å². The van der Waals surface area contributed by atoms with Gasteiger partial charge in [0.05, 0.1) is 18.2 Å². The molecule has 78 valence electrons. The first kappa shape index (κ1) is 9.51. The highest BCUT2D eigenvalue weighted by atomic mass is 19.4. The Balaban J connectivity index is 2.26. The number of hydrogen-bond donors (Lipinski definition) is 1. The quantitative estimate of drug-likeness (QED) is 0.801. The van der Waals surface area contributed by atoms with E-state index in [9.17, 15) is 13.2 Å². The first-order valence-electron chi connectivity index (χ1n) is 4.26. The minimum atomic E-state index is -4.62. The Morgan fingerprint density at radius 2 is 2.14 bits per heavy atom. The summed E-state index contributed by atoms with van der Waals surface area (Å²) in [5, 5.41) is 9.02. The fourth-order valence-electron chi connectivity index (χ4n) is 1.35. The highest BCUT2D eigenvalue weighted by Gasteiger charge is 2.42. The van der Waals surface area contributed by atoms with Gasteiger partial charge in [0, 0.05) is 6.04 Å². The van der Waals surface area contributed by atoms with Gasteiger partial charge >= 0.3 is 6.18 Å². The van der Waals surface area contributed by atoms with E-state index in [1.165, 1.54) is 10.9 Å². The lowest BCUT2D eigenvalue weighted by Gasteiger charge is -2.16. The number of hydrogen-bond acceptors (Lipinski definition) is 2. The molecule has 1 atom stereocenters. The van der Waals surface area contributed by atoms with Gasteiger partial charge < -0.3 is 9.67 Å². The molecular formula is C8H9F3N2O. The van der Waals surface area contributed by atoms with E-state index in [0.29, 0.717) is 0 Å². The van der Waals surface area contributed by atoms with E-state index in [-0.39, 0.29) is 11.7 Å². The normalized spacial score (nSPS) is 19.7. The van der Waals surface area contributed by atoms with Crippen LogP contribution < -0.4 is 0 Å². The van der Waals surface area contributed by atoms with Crippen molar-refractivity contribution in [2.24, 2.45) is 0 Å². The lowest BCUT2D eigenvalue weighted by atomic mass is 10.2. The maximum absolute atomic E-state index is 12.2. The summed E-state index contributed by atoms with van der Waals surface area (Å²) in [5.74, 6) is 0. The van der Waals surface area contributed by atoms with Crippen LogP contribution in [0.2, 0.25) is 0 Å². The molecule has 1 aromatic rings. The summed E-state index contributed by atoms with van der Waals surface area (Å²) in [6, 6.07) is 0.0875. The number of aromatic nitrogens is 2. The Morgan fingerprint density at radius 1 is 1.50 bits per heavy atom. The number of aliphatic hydroxyl groups is 1. The molecule has 0 spiro atoms. The van der Waals surface area contributed by atoms with Gasteiger partial charge in [-0.1, -0.05) is 0 Å². The van der Waals surface area contributed by atoms with Crippen LogP contribution in [0.15, 0.2) is 12.5 Å². The number of alkyl halides is 3. The van der Waals surface area contributed by atoms with Crippen molar-refractivity contribution < 1.29 is 18.3 Å². The van der Waals surface area contributed by atoms with Gasteiger partial charge in [-0.25, -0.2) is 4.98 Å². The van der Waals surface area contributed by atoms with Gasteiger partial charge in [-0.2, -0.15) is 13.2 Å². The third kappa shape index (κ3) is 1.61. The molecule has 1 aliphatic rings. The monoisotopic (exact) mass is 206 g/mol. The van der Waals surface area contributed by atoms with Crippen LogP contribution in [0.25, 0.3) is 0 Å². The van der Waals surface area contributed by atoms with E-state index in [4.69, 9.17) is 5.11 Å². The van der Waals surface area contributed by atoms with Gasteiger partial charge in [-0.3, -0.25) is 0 Å². The Kier molecular flexibility index (Phi) is 2.02. The highest BCUT2D eigenvalue weighted by Crippen LogP contribution is 2.40. The Morgan fingerprint density at radius 3 is 2.64 bits per heavy atom. The first-order valence-corrected chi connectivity index (χ1v) is 4.26. The van der Waals surface area contributed by atoms with E-state index >= 15 is 0 Å². The van der Waals surface area contributed by atoms with E-state index in [1.807, 2.05) is 0 Å². The van der Waals surface area contributed by atoms with Crippen molar-refractivity contribution in [1.82, 2.24) is 9.55 Å². The average molecular weight is 206 g/mol. The summed E-state index contributed by atoms with van der Waals surface area (Å²) < 4.78 is 38.0. The first-order chi connectivity index (χ1) is 6.50. The van der Waals surface area contributed by atoms with Crippen molar-refractivity contribution in [1.29, 1.82) is 0 Å². The van der Waals surface area contributed by atoms with Crippen LogP contribution in [0.5, 0.6) is 0 Å². The molecule has 1 heterocycles. The predicted molar refractivity (Wildman–Crippen MR) is 41.5 cm³/mol. The zero-order valence-electron chi connectivity index (χ0n) is 7.20. The molecule has 0 aliphatic heterocycles. The predicted octanol–water partition coefficient (Wildman–Crippen LogP) is 1.81. The number of imidazole rings is 1. The van der Waals surface area contributed by atoms with E-state index in [0.717, 1.165) is 19.0 Å². The zero-order chi connectivity index (χ0) is 10.3. The molecule has 1 fully saturated rings. The molecule has 1 aliphatic carbocycles. The lowest BCUT2D eigenvalue weighted by Crippen LogP contribution is -2.22. The van der Waals surface area contributed by atoms with E-state index in [1.54, 1.807) is 0 Å². The molecule has 0 aromatic carbocycles. The molecule has 1 aromatic heterocycles. The second-order valence-corrected chi connectivity index (χ2v) is 3.40. The molecule has 3 nitrogen and oxygen atoms in total. The fourth-order valence-corrected chi connectivity index (χ4v) is 1.35. The molecule has 0 saturated heterocycles. The number of rotatable bonds is 2. The van der Waals surface area contributed by atoms with Crippen molar-refractivity contribution in [2.75, 3.05) is 0 Å². The van der Waals surface area contributed by atoms with Gasteiger partial charge in [-0.15, -0.1) is 0 Å². The third-order valence-corrected chi connectivity index (χ3v) is 2.23. The molecule has 6 heteroatoms. The maximum Gasteiger partial charge on any atom is 0.420 e. The Hall–Kier alpha value is -1.04. The van der Waals surface area contributed by atoms with Gasteiger partial charge in [0.2, 0.25) is 0 Å². The van der Waals surface area contributed by atoms with Crippen LogP contribution in [0.4, 0.5) is 13.2 Å². The third-order valence-electron chi connectivity index (χ3n) is 2.23. The SMILES string of the molecule is OC(c1cncn1C1CC1)C(F)(F)F. The summed E-state index contributed by atoms with van der Waals surface area (Å²) >= 11 is 0. The second kappa shape index (κ2) is 2.98. The molecule has 1 saturated carbocycles. The van der Waals surface area contributed by atoms with Crippen LogP contribution >= 0.6 is 0 Å². The van der Waals surface area contributed by atoms with Crippen LogP contribution in [-0.4, -0.2) is 20.8 Å². The summed E-state index contributed by atoms with van der Waals surface area (Å²) in [5.41, 5.74) is -0.167. The van der Waals surface area contributed by atoms with Gasteiger partial charge in [0.15, 0.2) is 6.10 Å². The summed E-state index contributed by atoms with van der Waals surface area (Å²) in [6.45, 7) is 0. The summed E-state index contributed by atoms with van der Waals surface area (Å²) in [4.78, 5) is 3.62. The topological polar surface area (TPSA) is 38.1 Å². The number of nitrogens with zero attached hydrogens (tertiary/aromatic N) is 2. The fraction of sp³-hybridized carbons (Fsp3) is 0.625. The molecular weight excluding hydrogens is 197 g/mol. The molecule has 1 unspecified atom stereocenters. The van der Waals surface area contributed by atoms with E-state index in [2.05, 4.69) is 4.98 Å². The molecule has 0 radical (unpaired) electrons. The van der Waals surface area contributed by atoms with Crippen LogP contribution in [0, 0.1) is 0 Å². The van der Waals surface area contributed by atoms with Gasteiger partial charge in [0.25, 0.3) is 0 Å². The summed E-state index contributed by atoms with van der Waals surface area (Å²) in [6.07, 6.45) is -2.93. The molecule has 1 N–H and O–H groups in total. The average Bonchev–Trinajstić information content (AvgIpc) is 2.81. The van der Waals surface area contributed by atoms with Crippen LogP contribution in [0.3, 0.4) is 0 Å². The van der Waals surface area contributed by atoms with Crippen molar-refractivity contribution in [3.8, 4) is 0 Å². The summed E-state index contributed by atoms with van der Waals surface area (Å²) in [7, 11) is 0. The Bertz CT molecular complexity index is 330.